The van der Waals surface area contributed by atoms with E-state index in [1.807, 2.05) is 0 Å². The highest BCUT2D eigenvalue weighted by Crippen LogP contribution is 2.19. The van der Waals surface area contributed by atoms with Crippen molar-refractivity contribution in [2.75, 3.05) is 13.7 Å². The molecule has 1 aromatic rings. The normalized spacial score (nSPS) is 11.3. The second-order valence-corrected chi connectivity index (χ2v) is 4.25. The number of hydrogen-bond acceptors (Lipinski definition) is 5. The molecule has 7 heteroatoms. The van der Waals surface area contributed by atoms with Crippen molar-refractivity contribution in [2.45, 2.75) is 19.4 Å². The summed E-state index contributed by atoms with van der Waals surface area (Å²) in [5.74, 6) is -1.93. The van der Waals surface area contributed by atoms with E-state index in [4.69, 9.17) is 9.84 Å². The second-order valence-electron chi connectivity index (χ2n) is 4.25. The molecule has 0 heterocycles. The van der Waals surface area contributed by atoms with E-state index < -0.39 is 30.5 Å². The minimum absolute atomic E-state index is 0.0607. The molecule has 0 unspecified atom stereocenters. The summed E-state index contributed by atoms with van der Waals surface area (Å²) in [4.78, 5) is 33.3. The lowest BCUT2D eigenvalue weighted by Gasteiger charge is -2.16. The Bertz CT molecular complexity index is 528. The minimum atomic E-state index is -1.18. The molecule has 0 bridgehead atoms. The van der Waals surface area contributed by atoms with Gasteiger partial charge < -0.3 is 19.9 Å². The van der Waals surface area contributed by atoms with Crippen LogP contribution in [0, 0.1) is 0 Å². The quantitative estimate of drug-likeness (QED) is 0.705. The van der Waals surface area contributed by atoms with Crippen LogP contribution < -0.4 is 10.1 Å². The molecule has 0 aliphatic carbocycles. The van der Waals surface area contributed by atoms with Gasteiger partial charge in [0.05, 0.1) is 7.11 Å². The smallest absolute Gasteiger partial charge is 0.326 e. The molecule has 7 nitrogen and oxygen atoms in total. The monoisotopic (exact) mass is 295 g/mol. The number of rotatable bonds is 7. The highest BCUT2D eigenvalue weighted by Gasteiger charge is 2.22. The largest absolute Gasteiger partial charge is 0.496 e. The van der Waals surface area contributed by atoms with E-state index in [0.29, 0.717) is 11.3 Å². The van der Waals surface area contributed by atoms with Crippen molar-refractivity contribution in [3.05, 3.63) is 29.8 Å². The maximum atomic E-state index is 11.5. The molecule has 0 aliphatic rings. The van der Waals surface area contributed by atoms with Crippen molar-refractivity contribution in [1.29, 1.82) is 0 Å². The molecule has 0 aromatic heterocycles. The molecule has 2 N–H and O–H groups in total. The van der Waals surface area contributed by atoms with Crippen LogP contribution in [0.4, 0.5) is 0 Å². The molecule has 0 saturated heterocycles. The van der Waals surface area contributed by atoms with E-state index in [-0.39, 0.29) is 6.42 Å². The van der Waals surface area contributed by atoms with Crippen molar-refractivity contribution in [3.63, 3.8) is 0 Å². The fraction of sp³-hybridized carbons (Fsp3) is 0.357. The Balaban J connectivity index is 2.72. The van der Waals surface area contributed by atoms with Crippen LogP contribution in [0.1, 0.15) is 12.5 Å². The molecular formula is C14H17NO6. The molecule has 1 amide bonds. The average molecular weight is 295 g/mol. The summed E-state index contributed by atoms with van der Waals surface area (Å²) in [5, 5.41) is 11.5. The number of carboxylic acids is 1. The number of amides is 1. The van der Waals surface area contributed by atoms with Crippen molar-refractivity contribution in [1.82, 2.24) is 5.32 Å². The Morgan fingerprint density at radius 1 is 1.29 bits per heavy atom. The first-order chi connectivity index (χ1) is 9.93. The number of benzene rings is 1. The summed E-state index contributed by atoms with van der Waals surface area (Å²) in [6, 6.07) is 5.79. The minimum Gasteiger partial charge on any atom is -0.496 e. The summed E-state index contributed by atoms with van der Waals surface area (Å²) >= 11 is 0. The molecule has 0 spiro atoms. The van der Waals surface area contributed by atoms with Crippen LogP contribution in [0.2, 0.25) is 0 Å². The van der Waals surface area contributed by atoms with Crippen molar-refractivity contribution < 1.29 is 29.0 Å². The standard InChI is InChI=1S/C14H17NO6/c1-9(16)21-8-13(17)15-11(14(18)19)7-10-5-3-4-6-12(10)20-2/h3-6,11H,7-8H2,1-2H3,(H,15,17)(H,18,19)/t11-/m1/s1. The number of ether oxygens (including phenoxy) is 2. The third-order valence-electron chi connectivity index (χ3n) is 2.66. The lowest BCUT2D eigenvalue weighted by atomic mass is 10.0. The second kappa shape index (κ2) is 7.88. The highest BCUT2D eigenvalue weighted by atomic mass is 16.5. The number of para-hydroxylation sites is 1. The molecule has 1 atom stereocenters. The summed E-state index contributed by atoms with van der Waals surface area (Å²) in [7, 11) is 1.48. The molecule has 1 aromatic carbocycles. The van der Waals surface area contributed by atoms with Crippen molar-refractivity contribution in [3.8, 4) is 5.75 Å². The zero-order valence-electron chi connectivity index (χ0n) is 11.8. The van der Waals surface area contributed by atoms with Crippen LogP contribution in [0.25, 0.3) is 0 Å². The molecule has 0 fully saturated rings. The topological polar surface area (TPSA) is 102 Å². The molecule has 0 radical (unpaired) electrons. The van der Waals surface area contributed by atoms with Gasteiger partial charge in [-0.25, -0.2) is 4.79 Å². The predicted octanol–water partition coefficient (Wildman–Crippen LogP) is 0.370. The summed E-state index contributed by atoms with van der Waals surface area (Å²) < 4.78 is 9.65. The average Bonchev–Trinajstić information content (AvgIpc) is 2.44. The van der Waals surface area contributed by atoms with E-state index in [1.54, 1.807) is 24.3 Å². The van der Waals surface area contributed by atoms with Gasteiger partial charge in [0.25, 0.3) is 5.91 Å². The number of aliphatic carboxylic acids is 1. The Morgan fingerprint density at radius 3 is 2.52 bits per heavy atom. The van der Waals surface area contributed by atoms with E-state index in [1.165, 1.54) is 7.11 Å². The van der Waals surface area contributed by atoms with Crippen LogP contribution >= 0.6 is 0 Å². The fourth-order valence-corrected chi connectivity index (χ4v) is 1.69. The number of methoxy groups -OCH3 is 1. The summed E-state index contributed by atoms with van der Waals surface area (Å²) in [5.41, 5.74) is 0.653. The number of hydrogen-bond donors (Lipinski definition) is 2. The van der Waals surface area contributed by atoms with Crippen LogP contribution in [-0.2, 0) is 25.5 Å². The van der Waals surface area contributed by atoms with Crippen molar-refractivity contribution >= 4 is 17.8 Å². The van der Waals surface area contributed by atoms with Gasteiger partial charge in [-0.1, -0.05) is 18.2 Å². The van der Waals surface area contributed by atoms with Gasteiger partial charge in [0.1, 0.15) is 11.8 Å². The summed E-state index contributed by atoms with van der Waals surface area (Å²) in [6.45, 7) is 0.655. The van der Waals surface area contributed by atoms with Gasteiger partial charge in [-0.3, -0.25) is 9.59 Å². The fourth-order valence-electron chi connectivity index (χ4n) is 1.69. The highest BCUT2D eigenvalue weighted by molar-refractivity contribution is 5.85. The first-order valence-electron chi connectivity index (χ1n) is 6.21. The Labute approximate surface area is 121 Å². The number of carbonyl (C=O) groups is 3. The van der Waals surface area contributed by atoms with Crippen LogP contribution in [-0.4, -0.2) is 42.7 Å². The van der Waals surface area contributed by atoms with E-state index in [9.17, 15) is 14.4 Å². The molecule has 0 aliphatic heterocycles. The predicted molar refractivity (Wildman–Crippen MR) is 72.9 cm³/mol. The van der Waals surface area contributed by atoms with Crippen LogP contribution in [0.5, 0.6) is 5.75 Å². The molecular weight excluding hydrogens is 278 g/mol. The zero-order valence-corrected chi connectivity index (χ0v) is 11.8. The molecule has 1 rings (SSSR count). The Kier molecular flexibility index (Phi) is 6.19. The maximum absolute atomic E-state index is 11.5. The van der Waals surface area contributed by atoms with E-state index in [0.717, 1.165) is 6.92 Å². The SMILES string of the molecule is COc1ccccc1C[C@@H](NC(=O)COC(C)=O)C(=O)O. The van der Waals surface area contributed by atoms with Gasteiger partial charge in [-0.05, 0) is 11.6 Å². The van der Waals surface area contributed by atoms with Gasteiger partial charge in [0.15, 0.2) is 6.61 Å². The molecule has 21 heavy (non-hydrogen) atoms. The third-order valence-corrected chi connectivity index (χ3v) is 2.66. The van der Waals surface area contributed by atoms with Gasteiger partial charge in [-0.15, -0.1) is 0 Å². The molecule has 0 saturated carbocycles. The van der Waals surface area contributed by atoms with Crippen molar-refractivity contribution in [2.24, 2.45) is 0 Å². The van der Waals surface area contributed by atoms with Crippen LogP contribution in [0.15, 0.2) is 24.3 Å². The molecule has 114 valence electrons. The third kappa shape index (κ3) is 5.52. The number of carbonyl (C=O) groups excluding carboxylic acids is 2. The Morgan fingerprint density at radius 2 is 1.95 bits per heavy atom. The maximum Gasteiger partial charge on any atom is 0.326 e. The van der Waals surface area contributed by atoms with E-state index in [2.05, 4.69) is 10.1 Å². The zero-order chi connectivity index (χ0) is 15.8. The van der Waals surface area contributed by atoms with Crippen LogP contribution in [0.3, 0.4) is 0 Å². The summed E-state index contributed by atoms with van der Waals surface area (Å²) in [6.07, 6.45) is 0.0607. The van der Waals surface area contributed by atoms with Gasteiger partial charge in [0, 0.05) is 13.3 Å². The first kappa shape index (κ1) is 16.5. The lowest BCUT2D eigenvalue weighted by Crippen LogP contribution is -2.44. The lowest BCUT2D eigenvalue weighted by molar-refractivity contribution is -0.148. The number of nitrogens with one attached hydrogen (secondary N) is 1. The van der Waals surface area contributed by atoms with Gasteiger partial charge >= 0.3 is 11.9 Å². The number of carboxylic acid groups (broad SMARTS) is 1. The first-order valence-corrected chi connectivity index (χ1v) is 6.21. The van der Waals surface area contributed by atoms with E-state index >= 15 is 0 Å². The van der Waals surface area contributed by atoms with Gasteiger partial charge in [-0.2, -0.15) is 0 Å². The number of esters is 1. The Hall–Kier alpha value is -2.57. The van der Waals surface area contributed by atoms with Gasteiger partial charge in [0.2, 0.25) is 0 Å².